The molecule has 7 nitrogen and oxygen atoms in total. The fraction of sp³-hybridized carbons (Fsp3) is 0.0909. The van der Waals surface area contributed by atoms with E-state index in [-0.39, 0.29) is 16.8 Å². The SMILES string of the molecule is COc1ccc(C(=O)NC(=S)Nc2cc3nn(-c4ccc(F)cc4)nc3cc2C)cc1. The van der Waals surface area contributed by atoms with Gasteiger partial charge in [-0.05, 0) is 85.4 Å². The molecule has 156 valence electrons. The molecule has 0 aliphatic heterocycles. The monoisotopic (exact) mass is 435 g/mol. The highest BCUT2D eigenvalue weighted by atomic mass is 32.1. The Balaban J connectivity index is 1.50. The number of rotatable bonds is 4. The van der Waals surface area contributed by atoms with Crippen LogP contribution in [0.4, 0.5) is 10.1 Å². The molecule has 1 heterocycles. The van der Waals surface area contributed by atoms with Crippen LogP contribution in [0.15, 0.2) is 60.7 Å². The number of ether oxygens (including phenoxy) is 1. The van der Waals surface area contributed by atoms with Crippen molar-refractivity contribution in [1.82, 2.24) is 20.3 Å². The van der Waals surface area contributed by atoms with E-state index in [2.05, 4.69) is 20.8 Å². The van der Waals surface area contributed by atoms with E-state index in [0.717, 1.165) is 5.56 Å². The van der Waals surface area contributed by atoms with Crippen molar-refractivity contribution in [3.63, 3.8) is 0 Å². The molecule has 2 N–H and O–H groups in total. The van der Waals surface area contributed by atoms with E-state index in [1.54, 1.807) is 49.6 Å². The van der Waals surface area contributed by atoms with Crippen molar-refractivity contribution >= 4 is 40.0 Å². The topological polar surface area (TPSA) is 81.1 Å². The Morgan fingerprint density at radius 2 is 1.68 bits per heavy atom. The molecule has 4 aromatic rings. The number of hydrogen-bond acceptors (Lipinski definition) is 5. The lowest BCUT2D eigenvalue weighted by molar-refractivity contribution is 0.0977. The third kappa shape index (κ3) is 4.51. The van der Waals surface area contributed by atoms with Crippen molar-refractivity contribution < 1.29 is 13.9 Å². The van der Waals surface area contributed by atoms with Gasteiger partial charge in [-0.1, -0.05) is 0 Å². The Labute approximate surface area is 182 Å². The highest BCUT2D eigenvalue weighted by Crippen LogP contribution is 2.22. The lowest BCUT2D eigenvalue weighted by Gasteiger charge is -2.12. The van der Waals surface area contributed by atoms with E-state index in [0.29, 0.717) is 33.7 Å². The fourth-order valence-electron chi connectivity index (χ4n) is 2.96. The van der Waals surface area contributed by atoms with Crippen LogP contribution in [-0.4, -0.2) is 33.1 Å². The zero-order valence-electron chi connectivity index (χ0n) is 16.7. The summed E-state index contributed by atoms with van der Waals surface area (Å²) in [6, 6.07) is 16.3. The van der Waals surface area contributed by atoms with Gasteiger partial charge in [0.1, 0.15) is 22.6 Å². The van der Waals surface area contributed by atoms with Crippen molar-refractivity contribution in [2.24, 2.45) is 0 Å². The van der Waals surface area contributed by atoms with Crippen LogP contribution >= 0.6 is 12.2 Å². The van der Waals surface area contributed by atoms with E-state index in [4.69, 9.17) is 17.0 Å². The van der Waals surface area contributed by atoms with E-state index < -0.39 is 0 Å². The number of carbonyl (C=O) groups is 1. The minimum absolute atomic E-state index is 0.161. The summed E-state index contributed by atoms with van der Waals surface area (Å²) in [6.45, 7) is 1.90. The van der Waals surface area contributed by atoms with Crippen LogP contribution < -0.4 is 15.4 Å². The molecule has 0 bridgehead atoms. The maximum atomic E-state index is 13.2. The predicted octanol–water partition coefficient (Wildman–Crippen LogP) is 4.00. The van der Waals surface area contributed by atoms with E-state index in [1.807, 2.05) is 13.0 Å². The van der Waals surface area contributed by atoms with Crippen LogP contribution in [0.2, 0.25) is 0 Å². The van der Waals surface area contributed by atoms with Crippen molar-refractivity contribution in [2.45, 2.75) is 6.92 Å². The zero-order valence-corrected chi connectivity index (χ0v) is 17.5. The van der Waals surface area contributed by atoms with Crippen molar-refractivity contribution in [3.8, 4) is 11.4 Å². The van der Waals surface area contributed by atoms with Crippen LogP contribution in [0.1, 0.15) is 15.9 Å². The smallest absolute Gasteiger partial charge is 0.257 e. The maximum Gasteiger partial charge on any atom is 0.257 e. The first-order valence-electron chi connectivity index (χ1n) is 9.33. The molecule has 4 rings (SSSR count). The molecule has 9 heteroatoms. The summed E-state index contributed by atoms with van der Waals surface area (Å²) in [5, 5.41) is 14.7. The maximum absolute atomic E-state index is 13.2. The quantitative estimate of drug-likeness (QED) is 0.472. The van der Waals surface area contributed by atoms with Crippen LogP contribution in [0.3, 0.4) is 0 Å². The number of carbonyl (C=O) groups excluding carboxylic acids is 1. The van der Waals surface area contributed by atoms with E-state index >= 15 is 0 Å². The average molecular weight is 435 g/mol. The van der Waals surface area contributed by atoms with Crippen LogP contribution in [0.5, 0.6) is 5.75 Å². The van der Waals surface area contributed by atoms with E-state index in [1.165, 1.54) is 16.9 Å². The van der Waals surface area contributed by atoms with Gasteiger partial charge in [0.05, 0.1) is 12.8 Å². The Hall–Kier alpha value is -3.85. The number of anilines is 1. The first-order chi connectivity index (χ1) is 14.9. The Morgan fingerprint density at radius 1 is 1.03 bits per heavy atom. The normalized spacial score (nSPS) is 10.7. The molecular weight excluding hydrogens is 417 g/mol. The van der Waals surface area contributed by atoms with Gasteiger partial charge in [-0.2, -0.15) is 4.80 Å². The minimum Gasteiger partial charge on any atom is -0.497 e. The minimum atomic E-state index is -0.332. The summed E-state index contributed by atoms with van der Waals surface area (Å²) in [5.41, 5.74) is 3.98. The lowest BCUT2D eigenvalue weighted by atomic mass is 10.2. The number of nitrogens with one attached hydrogen (secondary N) is 2. The average Bonchev–Trinajstić information content (AvgIpc) is 3.17. The van der Waals surface area contributed by atoms with Gasteiger partial charge in [0.2, 0.25) is 0 Å². The molecule has 0 radical (unpaired) electrons. The number of benzene rings is 3. The second kappa shape index (κ2) is 8.49. The number of aromatic nitrogens is 3. The van der Waals surface area contributed by atoms with E-state index in [9.17, 15) is 9.18 Å². The molecule has 3 aromatic carbocycles. The van der Waals surface area contributed by atoms with Gasteiger partial charge in [-0.3, -0.25) is 10.1 Å². The highest BCUT2D eigenvalue weighted by Gasteiger charge is 2.12. The van der Waals surface area contributed by atoms with Gasteiger partial charge < -0.3 is 10.1 Å². The zero-order chi connectivity index (χ0) is 22.0. The molecule has 0 aliphatic carbocycles. The van der Waals surface area contributed by atoms with Crippen molar-refractivity contribution in [1.29, 1.82) is 0 Å². The van der Waals surface area contributed by atoms with Gasteiger partial charge in [0, 0.05) is 11.3 Å². The first kappa shape index (κ1) is 20.4. The molecule has 0 spiro atoms. The predicted molar refractivity (Wildman–Crippen MR) is 120 cm³/mol. The summed E-state index contributed by atoms with van der Waals surface area (Å²) >= 11 is 5.29. The Kier molecular flexibility index (Phi) is 5.59. The molecular formula is C22H18FN5O2S. The van der Waals surface area contributed by atoms with Gasteiger partial charge in [0.25, 0.3) is 5.91 Å². The number of hydrogen-bond donors (Lipinski definition) is 2. The van der Waals surface area contributed by atoms with Crippen molar-refractivity contribution in [2.75, 3.05) is 12.4 Å². The molecule has 0 saturated carbocycles. The second-order valence-electron chi connectivity index (χ2n) is 6.76. The fourth-order valence-corrected chi connectivity index (χ4v) is 3.17. The summed E-state index contributed by atoms with van der Waals surface area (Å²) < 4.78 is 18.3. The third-order valence-corrected chi connectivity index (χ3v) is 4.82. The Bertz CT molecular complexity index is 1270. The molecule has 0 aliphatic rings. The molecule has 0 atom stereocenters. The summed E-state index contributed by atoms with van der Waals surface area (Å²) in [7, 11) is 1.56. The number of halogens is 1. The van der Waals surface area contributed by atoms with Gasteiger partial charge >= 0.3 is 0 Å². The van der Waals surface area contributed by atoms with Crippen LogP contribution in [0, 0.1) is 12.7 Å². The van der Waals surface area contributed by atoms with Gasteiger partial charge in [-0.15, -0.1) is 10.2 Å². The first-order valence-corrected chi connectivity index (χ1v) is 9.74. The molecule has 31 heavy (non-hydrogen) atoms. The van der Waals surface area contributed by atoms with Crippen LogP contribution in [0.25, 0.3) is 16.7 Å². The number of methoxy groups -OCH3 is 1. The van der Waals surface area contributed by atoms with Crippen molar-refractivity contribution in [3.05, 3.63) is 77.6 Å². The molecule has 0 unspecified atom stereocenters. The number of amides is 1. The van der Waals surface area contributed by atoms with Gasteiger partial charge in [0.15, 0.2) is 5.11 Å². The molecule has 0 saturated heterocycles. The number of aryl methyl sites for hydroxylation is 1. The summed E-state index contributed by atoms with van der Waals surface area (Å²) in [5.74, 6) is 0.00370. The standard InChI is InChI=1S/C22H18FN5O2S/c1-13-11-19-20(27-28(26-19)16-7-5-15(23)6-8-16)12-18(13)24-22(31)25-21(29)14-3-9-17(30-2)10-4-14/h3-12H,1-2H3,(H2,24,25,29,31). The number of nitrogens with zero attached hydrogens (tertiary/aromatic N) is 3. The third-order valence-electron chi connectivity index (χ3n) is 4.61. The molecule has 0 fully saturated rings. The van der Waals surface area contributed by atoms with Crippen LogP contribution in [-0.2, 0) is 0 Å². The highest BCUT2D eigenvalue weighted by molar-refractivity contribution is 7.80. The molecule has 1 aromatic heterocycles. The number of fused-ring (bicyclic) bond motifs is 1. The summed E-state index contributed by atoms with van der Waals surface area (Å²) in [6.07, 6.45) is 0. The number of thiocarbonyl (C=S) groups is 1. The lowest BCUT2D eigenvalue weighted by Crippen LogP contribution is -2.34. The second-order valence-corrected chi connectivity index (χ2v) is 7.17. The largest absolute Gasteiger partial charge is 0.497 e. The van der Waals surface area contributed by atoms with Gasteiger partial charge in [-0.25, -0.2) is 4.39 Å². The Morgan fingerprint density at radius 3 is 2.32 bits per heavy atom. The molecule has 1 amide bonds. The summed E-state index contributed by atoms with van der Waals surface area (Å²) in [4.78, 5) is 13.8.